The van der Waals surface area contributed by atoms with Gasteiger partial charge < -0.3 is 20.3 Å². The largest absolute Gasteiger partial charge is 0.363 e. The molecule has 0 bridgehead atoms. The SMILES string of the molecule is CN1C(=O)[C@](O)(Cc2ccccc2)NC(=O)[C@@H]1Cc1c[nH]c2cccc([N+](=O)[O-])c12. The van der Waals surface area contributed by atoms with Gasteiger partial charge in [-0.3, -0.25) is 19.7 Å². The van der Waals surface area contributed by atoms with Gasteiger partial charge in [-0.1, -0.05) is 36.4 Å². The van der Waals surface area contributed by atoms with Crippen LogP contribution in [-0.4, -0.2) is 50.5 Å². The van der Waals surface area contributed by atoms with Crippen LogP contribution >= 0.6 is 0 Å². The van der Waals surface area contributed by atoms with Crippen LogP contribution in [0.25, 0.3) is 10.9 Å². The predicted octanol–water partition coefficient (Wildman–Crippen LogP) is 1.51. The minimum atomic E-state index is -2.05. The minimum Gasteiger partial charge on any atom is -0.363 e. The Kier molecular flexibility index (Phi) is 4.75. The first-order chi connectivity index (χ1) is 14.3. The molecule has 1 fully saturated rings. The molecule has 0 saturated carbocycles. The van der Waals surface area contributed by atoms with Crippen molar-refractivity contribution in [2.45, 2.75) is 24.6 Å². The van der Waals surface area contributed by atoms with Gasteiger partial charge in [0.1, 0.15) is 6.04 Å². The molecule has 0 spiro atoms. The lowest BCUT2D eigenvalue weighted by Crippen LogP contribution is -2.70. The highest BCUT2D eigenvalue weighted by Gasteiger charge is 2.48. The van der Waals surface area contributed by atoms with Crippen LogP contribution in [0, 0.1) is 10.1 Å². The van der Waals surface area contributed by atoms with Crippen LogP contribution in [0.5, 0.6) is 0 Å². The number of hydrogen-bond acceptors (Lipinski definition) is 5. The van der Waals surface area contributed by atoms with Crippen molar-refractivity contribution in [1.82, 2.24) is 15.2 Å². The Hall–Kier alpha value is -3.72. The number of nitrogens with one attached hydrogen (secondary N) is 2. The summed E-state index contributed by atoms with van der Waals surface area (Å²) >= 11 is 0. The van der Waals surface area contributed by atoms with Crippen LogP contribution < -0.4 is 5.32 Å². The molecule has 0 radical (unpaired) electrons. The highest BCUT2D eigenvalue weighted by molar-refractivity contribution is 5.99. The third-order valence-corrected chi connectivity index (χ3v) is 5.45. The number of hydrogen-bond donors (Lipinski definition) is 3. The van der Waals surface area contributed by atoms with Gasteiger partial charge in [-0.05, 0) is 17.2 Å². The summed E-state index contributed by atoms with van der Waals surface area (Å²) in [6.45, 7) is 0. The Balaban J connectivity index is 1.62. The fraction of sp³-hybridized carbons (Fsp3) is 0.238. The van der Waals surface area contributed by atoms with Crippen molar-refractivity contribution >= 4 is 28.4 Å². The smallest absolute Gasteiger partial charge is 0.279 e. The van der Waals surface area contributed by atoms with Gasteiger partial charge in [0.2, 0.25) is 11.6 Å². The number of nitro benzene ring substituents is 1. The molecule has 2 aromatic carbocycles. The molecule has 3 N–H and O–H groups in total. The number of nitrogens with zero attached hydrogens (tertiary/aromatic N) is 2. The number of fused-ring (bicyclic) bond motifs is 1. The van der Waals surface area contributed by atoms with Gasteiger partial charge in [0, 0.05) is 32.2 Å². The van der Waals surface area contributed by atoms with Crippen molar-refractivity contribution in [2.75, 3.05) is 7.05 Å². The van der Waals surface area contributed by atoms with E-state index in [0.29, 0.717) is 22.0 Å². The Morgan fingerprint density at radius 1 is 1.17 bits per heavy atom. The third kappa shape index (κ3) is 3.29. The number of carbonyl (C=O) groups excluding carboxylic acids is 2. The Morgan fingerprint density at radius 2 is 1.90 bits per heavy atom. The number of piperazine rings is 1. The average Bonchev–Trinajstić information content (AvgIpc) is 3.13. The lowest BCUT2D eigenvalue weighted by Gasteiger charge is -2.41. The summed E-state index contributed by atoms with van der Waals surface area (Å²) in [5.74, 6) is -1.16. The van der Waals surface area contributed by atoms with Crippen molar-refractivity contribution in [2.24, 2.45) is 0 Å². The molecule has 30 heavy (non-hydrogen) atoms. The monoisotopic (exact) mass is 408 g/mol. The molecule has 1 saturated heterocycles. The molecule has 1 aliphatic rings. The van der Waals surface area contributed by atoms with Crippen LogP contribution in [0.1, 0.15) is 11.1 Å². The summed E-state index contributed by atoms with van der Waals surface area (Å²) in [4.78, 5) is 40.9. The molecule has 1 aromatic heterocycles. The number of likely N-dealkylation sites (N-methyl/N-ethyl adjacent to an activating group) is 1. The molecular weight excluding hydrogens is 388 g/mol. The van der Waals surface area contributed by atoms with E-state index in [2.05, 4.69) is 10.3 Å². The summed E-state index contributed by atoms with van der Waals surface area (Å²) in [6, 6.07) is 12.7. The summed E-state index contributed by atoms with van der Waals surface area (Å²) in [7, 11) is 1.45. The van der Waals surface area contributed by atoms with E-state index in [1.807, 2.05) is 6.07 Å². The van der Waals surface area contributed by atoms with Gasteiger partial charge in [0.15, 0.2) is 0 Å². The second-order valence-electron chi connectivity index (χ2n) is 7.42. The number of carbonyl (C=O) groups is 2. The lowest BCUT2D eigenvalue weighted by atomic mass is 9.94. The maximum absolute atomic E-state index is 12.9. The molecule has 154 valence electrons. The molecule has 9 nitrogen and oxygen atoms in total. The van der Waals surface area contributed by atoms with Crippen molar-refractivity contribution < 1.29 is 19.6 Å². The zero-order valence-corrected chi connectivity index (χ0v) is 16.2. The second-order valence-corrected chi connectivity index (χ2v) is 7.42. The molecule has 4 rings (SSSR count). The number of aromatic amines is 1. The van der Waals surface area contributed by atoms with E-state index in [0.717, 1.165) is 0 Å². The highest BCUT2D eigenvalue weighted by atomic mass is 16.6. The summed E-state index contributed by atoms with van der Waals surface area (Å²) in [5.41, 5.74) is -0.298. The molecule has 2 atom stereocenters. The van der Waals surface area contributed by atoms with Gasteiger partial charge in [-0.2, -0.15) is 0 Å². The van der Waals surface area contributed by atoms with E-state index in [9.17, 15) is 24.8 Å². The van der Waals surface area contributed by atoms with Crippen LogP contribution in [0.4, 0.5) is 5.69 Å². The van der Waals surface area contributed by atoms with E-state index in [4.69, 9.17) is 0 Å². The van der Waals surface area contributed by atoms with E-state index >= 15 is 0 Å². The van der Waals surface area contributed by atoms with Gasteiger partial charge in [0.05, 0.1) is 15.8 Å². The fourth-order valence-corrected chi connectivity index (χ4v) is 3.95. The number of aliphatic hydroxyl groups is 1. The van der Waals surface area contributed by atoms with Crippen LogP contribution in [-0.2, 0) is 22.4 Å². The number of H-pyrrole nitrogens is 1. The average molecular weight is 408 g/mol. The zero-order chi connectivity index (χ0) is 21.5. The normalized spacial score (nSPS) is 21.7. The van der Waals surface area contributed by atoms with Gasteiger partial charge in [0.25, 0.3) is 11.6 Å². The van der Waals surface area contributed by atoms with Gasteiger partial charge in [-0.15, -0.1) is 0 Å². The third-order valence-electron chi connectivity index (χ3n) is 5.45. The number of rotatable bonds is 5. The molecule has 9 heteroatoms. The molecule has 2 heterocycles. The lowest BCUT2D eigenvalue weighted by molar-refractivity contribution is -0.383. The molecule has 0 unspecified atom stereocenters. The minimum absolute atomic E-state index is 0.0615. The second kappa shape index (κ2) is 7.27. The molecule has 3 aromatic rings. The van der Waals surface area contributed by atoms with Gasteiger partial charge in [-0.25, -0.2) is 0 Å². The maximum atomic E-state index is 12.9. The quantitative estimate of drug-likeness (QED) is 0.435. The van der Waals surface area contributed by atoms with Crippen LogP contribution in [0.15, 0.2) is 54.7 Å². The Morgan fingerprint density at radius 3 is 2.60 bits per heavy atom. The van der Waals surface area contributed by atoms with Crippen LogP contribution in [0.3, 0.4) is 0 Å². The van der Waals surface area contributed by atoms with E-state index in [1.54, 1.807) is 42.6 Å². The molecule has 2 amide bonds. The highest BCUT2D eigenvalue weighted by Crippen LogP contribution is 2.31. The zero-order valence-electron chi connectivity index (χ0n) is 16.2. The number of aromatic nitrogens is 1. The predicted molar refractivity (Wildman–Crippen MR) is 108 cm³/mol. The number of benzene rings is 2. The van der Waals surface area contributed by atoms with Crippen molar-refractivity contribution in [3.63, 3.8) is 0 Å². The Bertz CT molecular complexity index is 1140. The summed E-state index contributed by atoms with van der Waals surface area (Å²) in [6.07, 6.45) is 1.61. The van der Waals surface area contributed by atoms with Crippen molar-refractivity contribution in [1.29, 1.82) is 0 Å². The summed E-state index contributed by atoms with van der Waals surface area (Å²) < 4.78 is 0. The molecule has 0 aliphatic carbocycles. The van der Waals surface area contributed by atoms with Gasteiger partial charge >= 0.3 is 0 Å². The summed E-state index contributed by atoms with van der Waals surface area (Å²) in [5, 5.41) is 25.1. The van der Waals surface area contributed by atoms with Crippen molar-refractivity contribution in [3.05, 3.63) is 76.0 Å². The van der Waals surface area contributed by atoms with Crippen LogP contribution in [0.2, 0.25) is 0 Å². The standard InChI is InChI=1S/C21H20N4O5/c1-24-17(10-14-12-22-15-8-5-9-16(18(14)15)25(29)30)19(26)23-21(28,20(24)27)11-13-6-3-2-4-7-13/h2-9,12,17,22,28H,10-11H2,1H3,(H,23,26)/t17-,21+/m0/s1. The number of nitro groups is 1. The fourth-order valence-electron chi connectivity index (χ4n) is 3.95. The van der Waals surface area contributed by atoms with Crippen molar-refractivity contribution in [3.8, 4) is 0 Å². The number of non-ortho nitro benzene ring substituents is 1. The maximum Gasteiger partial charge on any atom is 0.279 e. The first-order valence-electron chi connectivity index (χ1n) is 9.39. The van der Waals surface area contributed by atoms with E-state index < -0.39 is 28.5 Å². The van der Waals surface area contributed by atoms with E-state index in [1.165, 1.54) is 18.0 Å². The molecule has 1 aliphatic heterocycles. The molecular formula is C21H20N4O5. The Labute approximate surface area is 171 Å². The number of amides is 2. The topological polar surface area (TPSA) is 129 Å². The van der Waals surface area contributed by atoms with E-state index in [-0.39, 0.29) is 18.5 Å². The first-order valence-corrected chi connectivity index (χ1v) is 9.39. The first kappa shape index (κ1) is 19.6.